The van der Waals surface area contributed by atoms with Gasteiger partial charge in [-0.25, -0.2) is 4.39 Å². The van der Waals surface area contributed by atoms with E-state index in [0.29, 0.717) is 4.47 Å². The van der Waals surface area contributed by atoms with Gasteiger partial charge in [-0.3, -0.25) is 4.98 Å². The maximum Gasteiger partial charge on any atom is 0.137 e. The van der Waals surface area contributed by atoms with Crippen LogP contribution in [0.25, 0.3) is 0 Å². The first kappa shape index (κ1) is 14.6. The number of halogens is 3. The normalized spacial score (nSPS) is 12.4. The van der Waals surface area contributed by atoms with E-state index in [-0.39, 0.29) is 11.9 Å². The van der Waals surface area contributed by atoms with E-state index in [2.05, 4.69) is 42.2 Å². The van der Waals surface area contributed by atoms with Crippen molar-refractivity contribution in [2.45, 2.75) is 12.5 Å². The van der Waals surface area contributed by atoms with Gasteiger partial charge in [-0.2, -0.15) is 0 Å². The zero-order valence-corrected chi connectivity index (χ0v) is 13.5. The monoisotopic (exact) mass is 386 g/mol. The first-order chi connectivity index (χ1) is 9.10. The molecule has 2 nitrogen and oxygen atoms in total. The van der Waals surface area contributed by atoms with Crippen LogP contribution >= 0.6 is 31.9 Å². The second-order valence-electron chi connectivity index (χ2n) is 4.23. The van der Waals surface area contributed by atoms with E-state index >= 15 is 0 Å². The summed E-state index contributed by atoms with van der Waals surface area (Å²) in [5.74, 6) is -0.245. The van der Waals surface area contributed by atoms with Crippen molar-refractivity contribution in [2.75, 3.05) is 7.05 Å². The fourth-order valence-electron chi connectivity index (χ4n) is 1.92. The smallest absolute Gasteiger partial charge is 0.137 e. The third kappa shape index (κ3) is 3.84. The summed E-state index contributed by atoms with van der Waals surface area (Å²) in [6.45, 7) is 0. The molecular weight excluding hydrogens is 375 g/mol. The van der Waals surface area contributed by atoms with Crippen LogP contribution < -0.4 is 5.32 Å². The summed E-state index contributed by atoms with van der Waals surface area (Å²) < 4.78 is 15.0. The highest BCUT2D eigenvalue weighted by atomic mass is 79.9. The Morgan fingerprint density at radius 2 is 2.05 bits per heavy atom. The van der Waals surface area contributed by atoms with Crippen LogP contribution in [0.4, 0.5) is 4.39 Å². The van der Waals surface area contributed by atoms with Gasteiger partial charge in [-0.05, 0) is 74.7 Å². The van der Waals surface area contributed by atoms with E-state index < -0.39 is 0 Å². The number of benzene rings is 1. The largest absolute Gasteiger partial charge is 0.313 e. The Kier molecular flexibility index (Phi) is 5.07. The Hall–Kier alpha value is -0.780. The third-order valence-corrected chi connectivity index (χ3v) is 3.97. The minimum atomic E-state index is -0.245. The molecule has 0 saturated heterocycles. The molecule has 100 valence electrons. The summed E-state index contributed by atoms with van der Waals surface area (Å²) in [7, 11) is 1.87. The molecule has 1 aromatic heterocycles. The number of nitrogens with zero attached hydrogens (tertiary/aromatic N) is 1. The quantitative estimate of drug-likeness (QED) is 0.848. The summed E-state index contributed by atoms with van der Waals surface area (Å²) in [6.07, 6.45) is 4.32. The van der Waals surface area contributed by atoms with Crippen molar-refractivity contribution < 1.29 is 4.39 Å². The molecular formula is C14H13Br2FN2. The number of likely N-dealkylation sites (N-methyl/N-ethyl adjacent to an activating group) is 1. The SMILES string of the molecule is CNC(Cc1cncc(Br)c1)c1ccc(Br)c(F)c1. The third-order valence-electron chi connectivity index (χ3n) is 2.90. The molecule has 0 bridgehead atoms. The van der Waals surface area contributed by atoms with Crippen molar-refractivity contribution in [1.82, 2.24) is 10.3 Å². The van der Waals surface area contributed by atoms with Crippen LogP contribution in [0.15, 0.2) is 45.6 Å². The zero-order chi connectivity index (χ0) is 13.8. The molecule has 0 aliphatic rings. The van der Waals surface area contributed by atoms with Crippen LogP contribution in [-0.4, -0.2) is 12.0 Å². The van der Waals surface area contributed by atoms with Crippen LogP contribution in [0.1, 0.15) is 17.2 Å². The first-order valence-corrected chi connectivity index (χ1v) is 7.40. The molecule has 0 fully saturated rings. The molecule has 2 aromatic rings. The molecule has 1 atom stereocenters. The number of rotatable bonds is 4. The van der Waals surface area contributed by atoms with Crippen LogP contribution in [0.3, 0.4) is 0 Å². The van der Waals surface area contributed by atoms with Crippen LogP contribution in [0, 0.1) is 5.82 Å². The summed E-state index contributed by atoms with van der Waals surface area (Å²) in [6, 6.07) is 7.27. The molecule has 1 heterocycles. The highest BCUT2D eigenvalue weighted by molar-refractivity contribution is 9.10. The number of pyridine rings is 1. The van der Waals surface area contributed by atoms with E-state index in [1.165, 1.54) is 0 Å². The van der Waals surface area contributed by atoms with Gasteiger partial charge in [-0.15, -0.1) is 0 Å². The number of hydrogen-bond donors (Lipinski definition) is 1. The van der Waals surface area contributed by atoms with Crippen LogP contribution in [0.2, 0.25) is 0 Å². The van der Waals surface area contributed by atoms with Crippen molar-refractivity contribution in [3.63, 3.8) is 0 Å². The minimum absolute atomic E-state index is 0.0544. The molecule has 19 heavy (non-hydrogen) atoms. The van der Waals surface area contributed by atoms with E-state index in [1.54, 1.807) is 18.3 Å². The van der Waals surface area contributed by atoms with Gasteiger partial charge in [0.25, 0.3) is 0 Å². The summed E-state index contributed by atoms with van der Waals surface area (Å²) in [4.78, 5) is 4.14. The lowest BCUT2D eigenvalue weighted by Crippen LogP contribution is -2.19. The van der Waals surface area contributed by atoms with Gasteiger partial charge in [0.2, 0.25) is 0 Å². The lowest BCUT2D eigenvalue weighted by Gasteiger charge is -2.17. The predicted octanol–water partition coefficient (Wildman–Crippen LogP) is 4.25. The van der Waals surface area contributed by atoms with Gasteiger partial charge in [0, 0.05) is 22.9 Å². The fourth-order valence-corrected chi connectivity index (χ4v) is 2.58. The summed E-state index contributed by atoms with van der Waals surface area (Å²) in [5.41, 5.74) is 2.01. The van der Waals surface area contributed by atoms with Gasteiger partial charge in [0.1, 0.15) is 5.82 Å². The van der Waals surface area contributed by atoms with E-state index in [4.69, 9.17) is 0 Å². The molecule has 1 unspecified atom stereocenters. The summed E-state index contributed by atoms with van der Waals surface area (Å²) in [5, 5.41) is 3.21. The second kappa shape index (κ2) is 6.59. The molecule has 0 radical (unpaired) electrons. The van der Waals surface area contributed by atoms with Gasteiger partial charge >= 0.3 is 0 Å². The van der Waals surface area contributed by atoms with Crippen LogP contribution in [0.5, 0.6) is 0 Å². The molecule has 0 aliphatic carbocycles. The lowest BCUT2D eigenvalue weighted by molar-refractivity contribution is 0.574. The Balaban J connectivity index is 2.22. The second-order valence-corrected chi connectivity index (χ2v) is 6.00. The number of nitrogens with one attached hydrogen (secondary N) is 1. The topological polar surface area (TPSA) is 24.9 Å². The van der Waals surface area contributed by atoms with Crippen molar-refractivity contribution in [3.8, 4) is 0 Å². The highest BCUT2D eigenvalue weighted by Gasteiger charge is 2.12. The molecule has 1 aromatic carbocycles. The number of hydrogen-bond acceptors (Lipinski definition) is 2. The van der Waals surface area contributed by atoms with Crippen molar-refractivity contribution in [3.05, 3.63) is 62.5 Å². The maximum absolute atomic E-state index is 13.6. The Labute approximate surface area is 128 Å². The van der Waals surface area contributed by atoms with Gasteiger partial charge < -0.3 is 5.32 Å². The maximum atomic E-state index is 13.6. The van der Waals surface area contributed by atoms with Gasteiger partial charge in [0.05, 0.1) is 4.47 Å². The lowest BCUT2D eigenvalue weighted by atomic mass is 10.00. The predicted molar refractivity (Wildman–Crippen MR) is 81.5 cm³/mol. The number of aromatic nitrogens is 1. The van der Waals surface area contributed by atoms with Gasteiger partial charge in [-0.1, -0.05) is 6.07 Å². The highest BCUT2D eigenvalue weighted by Crippen LogP contribution is 2.23. The molecule has 0 spiro atoms. The molecule has 0 aliphatic heterocycles. The van der Waals surface area contributed by atoms with E-state index in [1.807, 2.05) is 25.4 Å². The molecule has 0 amide bonds. The van der Waals surface area contributed by atoms with Crippen molar-refractivity contribution in [1.29, 1.82) is 0 Å². The molecule has 5 heteroatoms. The van der Waals surface area contributed by atoms with Gasteiger partial charge in [0.15, 0.2) is 0 Å². The first-order valence-electron chi connectivity index (χ1n) is 5.82. The van der Waals surface area contributed by atoms with E-state index in [0.717, 1.165) is 22.0 Å². The minimum Gasteiger partial charge on any atom is -0.313 e. The Bertz CT molecular complexity index is 575. The van der Waals surface area contributed by atoms with E-state index in [9.17, 15) is 4.39 Å². The summed E-state index contributed by atoms with van der Waals surface area (Å²) >= 11 is 6.57. The standard InChI is InChI=1S/C14H13Br2FN2/c1-18-14(5-9-4-11(15)8-19-7-9)10-2-3-12(16)13(17)6-10/h2-4,6-8,14,18H,5H2,1H3. The van der Waals surface area contributed by atoms with Crippen molar-refractivity contribution in [2.24, 2.45) is 0 Å². The average molecular weight is 388 g/mol. The fraction of sp³-hybridized carbons (Fsp3) is 0.214. The average Bonchev–Trinajstić information content (AvgIpc) is 2.39. The zero-order valence-electron chi connectivity index (χ0n) is 10.3. The Morgan fingerprint density at radius 1 is 1.26 bits per heavy atom. The van der Waals surface area contributed by atoms with Crippen molar-refractivity contribution >= 4 is 31.9 Å². The Morgan fingerprint density at radius 3 is 2.68 bits per heavy atom. The van der Waals surface area contributed by atoms with Crippen LogP contribution in [-0.2, 0) is 6.42 Å². The molecule has 0 saturated carbocycles. The molecule has 2 rings (SSSR count). The molecule has 1 N–H and O–H groups in total.